The van der Waals surface area contributed by atoms with Gasteiger partial charge in [0.05, 0.1) is 5.56 Å². The van der Waals surface area contributed by atoms with Crippen molar-refractivity contribution in [2.75, 3.05) is 5.32 Å². The Labute approximate surface area is 130 Å². The Kier molecular flexibility index (Phi) is 4.80. The lowest BCUT2D eigenvalue weighted by Gasteiger charge is -2.10. The van der Waals surface area contributed by atoms with Crippen LogP contribution in [0.2, 0.25) is 0 Å². The van der Waals surface area contributed by atoms with Gasteiger partial charge < -0.3 is 15.0 Å². The van der Waals surface area contributed by atoms with Crippen LogP contribution in [0.1, 0.15) is 34.2 Å². The van der Waals surface area contributed by atoms with Crippen LogP contribution in [0.5, 0.6) is 0 Å². The molecule has 6 heteroatoms. The van der Waals surface area contributed by atoms with Crippen molar-refractivity contribution >= 4 is 33.5 Å². The van der Waals surface area contributed by atoms with Crippen LogP contribution >= 0.6 is 15.9 Å². The van der Waals surface area contributed by atoms with Crippen LogP contribution in [0, 0.1) is 0 Å². The lowest BCUT2D eigenvalue weighted by atomic mass is 10.2. The minimum absolute atomic E-state index is 0.108. The highest BCUT2D eigenvalue weighted by molar-refractivity contribution is 9.10. The van der Waals surface area contributed by atoms with Crippen LogP contribution < -0.4 is 5.32 Å². The third-order valence-electron chi connectivity index (χ3n) is 2.98. The molecule has 110 valence electrons. The number of hydrogen-bond donors (Lipinski definition) is 2. The Bertz CT molecular complexity index is 679. The van der Waals surface area contributed by atoms with Crippen molar-refractivity contribution in [3.63, 3.8) is 0 Å². The van der Waals surface area contributed by atoms with Gasteiger partial charge in [0, 0.05) is 22.9 Å². The number of hydrogen-bond acceptors (Lipinski definition) is 2. The lowest BCUT2D eigenvalue weighted by molar-refractivity contribution is 0.0695. The highest BCUT2D eigenvalue weighted by Crippen LogP contribution is 2.21. The van der Waals surface area contributed by atoms with E-state index in [9.17, 15) is 9.59 Å². The standard InChI is InChI=1S/C15H15BrN2O3/c1-2-7-18-8-3-4-13(18)14(19)17-10-5-6-12(16)11(9-10)15(20)21/h3-6,8-9H,2,7H2,1H3,(H,17,19)(H,20,21). The predicted molar refractivity (Wildman–Crippen MR) is 83.8 cm³/mol. The maximum Gasteiger partial charge on any atom is 0.336 e. The largest absolute Gasteiger partial charge is 0.478 e. The second kappa shape index (κ2) is 6.58. The molecule has 0 bridgehead atoms. The molecule has 2 aromatic rings. The fourth-order valence-corrected chi connectivity index (χ4v) is 2.43. The smallest absolute Gasteiger partial charge is 0.336 e. The Morgan fingerprint density at radius 1 is 1.33 bits per heavy atom. The van der Waals surface area contributed by atoms with Gasteiger partial charge in [0.1, 0.15) is 5.69 Å². The Balaban J connectivity index is 2.21. The van der Waals surface area contributed by atoms with E-state index in [4.69, 9.17) is 5.11 Å². The normalized spacial score (nSPS) is 10.4. The van der Waals surface area contributed by atoms with Gasteiger partial charge >= 0.3 is 5.97 Å². The van der Waals surface area contributed by atoms with Crippen molar-refractivity contribution in [2.24, 2.45) is 0 Å². The average molecular weight is 351 g/mol. The summed E-state index contributed by atoms with van der Waals surface area (Å²) in [5, 5.41) is 11.8. The summed E-state index contributed by atoms with van der Waals surface area (Å²) in [6.45, 7) is 2.80. The third-order valence-corrected chi connectivity index (χ3v) is 3.67. The van der Waals surface area contributed by atoms with E-state index in [2.05, 4.69) is 21.2 Å². The van der Waals surface area contributed by atoms with Crippen molar-refractivity contribution in [1.29, 1.82) is 0 Å². The van der Waals surface area contributed by atoms with Crippen LogP contribution in [0.15, 0.2) is 41.0 Å². The Hall–Kier alpha value is -2.08. The number of amides is 1. The van der Waals surface area contributed by atoms with Crippen molar-refractivity contribution < 1.29 is 14.7 Å². The van der Waals surface area contributed by atoms with Crippen LogP contribution in [-0.4, -0.2) is 21.6 Å². The number of rotatable bonds is 5. The number of nitrogens with one attached hydrogen (secondary N) is 1. The molecule has 0 aliphatic heterocycles. The van der Waals surface area contributed by atoms with E-state index in [1.165, 1.54) is 6.07 Å². The van der Waals surface area contributed by atoms with Gasteiger partial charge in [0.25, 0.3) is 5.91 Å². The molecule has 0 saturated carbocycles. The van der Waals surface area contributed by atoms with Gasteiger partial charge in [-0.2, -0.15) is 0 Å². The SMILES string of the molecule is CCCn1cccc1C(=O)Nc1ccc(Br)c(C(=O)O)c1. The van der Waals surface area contributed by atoms with Crippen molar-refractivity contribution in [3.8, 4) is 0 Å². The maximum atomic E-state index is 12.2. The highest BCUT2D eigenvalue weighted by Gasteiger charge is 2.13. The van der Waals surface area contributed by atoms with Gasteiger partial charge in [0.15, 0.2) is 0 Å². The van der Waals surface area contributed by atoms with E-state index in [1.807, 2.05) is 23.8 Å². The summed E-state index contributed by atoms with van der Waals surface area (Å²) in [7, 11) is 0. The molecule has 2 rings (SSSR count). The predicted octanol–water partition coefficient (Wildman–Crippen LogP) is 3.61. The molecule has 1 heterocycles. The molecular formula is C15H15BrN2O3. The first-order valence-electron chi connectivity index (χ1n) is 6.52. The summed E-state index contributed by atoms with van der Waals surface area (Å²) >= 11 is 3.17. The molecule has 2 N–H and O–H groups in total. The molecule has 1 aromatic carbocycles. The van der Waals surface area contributed by atoms with Crippen LogP contribution in [0.25, 0.3) is 0 Å². The molecule has 0 spiro atoms. The molecule has 0 aliphatic rings. The van der Waals surface area contributed by atoms with E-state index in [0.717, 1.165) is 13.0 Å². The van der Waals surface area contributed by atoms with Gasteiger partial charge in [-0.3, -0.25) is 4.79 Å². The summed E-state index contributed by atoms with van der Waals surface area (Å²) in [6, 6.07) is 8.24. The summed E-state index contributed by atoms with van der Waals surface area (Å²) in [4.78, 5) is 23.3. The monoisotopic (exact) mass is 350 g/mol. The number of carboxylic acids is 1. The highest BCUT2D eigenvalue weighted by atomic mass is 79.9. The van der Waals surface area contributed by atoms with Crippen molar-refractivity contribution in [2.45, 2.75) is 19.9 Å². The second-order valence-electron chi connectivity index (χ2n) is 4.54. The topological polar surface area (TPSA) is 71.3 Å². The van der Waals surface area contributed by atoms with Gasteiger partial charge in [0.2, 0.25) is 0 Å². The van der Waals surface area contributed by atoms with E-state index >= 15 is 0 Å². The number of halogens is 1. The van der Waals surface area contributed by atoms with Crippen molar-refractivity contribution in [3.05, 3.63) is 52.3 Å². The third kappa shape index (κ3) is 3.52. The minimum Gasteiger partial charge on any atom is -0.478 e. The van der Waals surface area contributed by atoms with Gasteiger partial charge in [-0.15, -0.1) is 0 Å². The number of anilines is 1. The zero-order valence-electron chi connectivity index (χ0n) is 11.5. The van der Waals surface area contributed by atoms with E-state index in [0.29, 0.717) is 15.9 Å². The number of aromatic carboxylic acids is 1. The molecule has 21 heavy (non-hydrogen) atoms. The molecule has 0 fully saturated rings. The molecule has 0 saturated heterocycles. The van der Waals surface area contributed by atoms with E-state index in [1.54, 1.807) is 18.2 Å². The summed E-state index contributed by atoms with van der Waals surface area (Å²) in [5.74, 6) is -1.31. The van der Waals surface area contributed by atoms with Crippen LogP contribution in [0.4, 0.5) is 5.69 Å². The Morgan fingerprint density at radius 2 is 2.10 bits per heavy atom. The number of nitrogens with zero attached hydrogens (tertiary/aromatic N) is 1. The quantitative estimate of drug-likeness (QED) is 0.865. The summed E-state index contributed by atoms with van der Waals surface area (Å²) < 4.78 is 2.34. The fourth-order valence-electron chi connectivity index (χ4n) is 2.02. The fraction of sp³-hybridized carbons (Fsp3) is 0.200. The number of aromatic nitrogens is 1. The van der Waals surface area contributed by atoms with Crippen LogP contribution in [-0.2, 0) is 6.54 Å². The van der Waals surface area contributed by atoms with E-state index in [-0.39, 0.29) is 11.5 Å². The number of carbonyl (C=O) groups is 2. The molecule has 0 aliphatic carbocycles. The number of aryl methyl sites for hydroxylation is 1. The first-order chi connectivity index (χ1) is 10.0. The first kappa shape index (κ1) is 15.3. The zero-order valence-corrected chi connectivity index (χ0v) is 13.1. The van der Waals surface area contributed by atoms with Gasteiger partial charge in [-0.05, 0) is 52.7 Å². The molecule has 5 nitrogen and oxygen atoms in total. The molecular weight excluding hydrogens is 336 g/mol. The number of carboxylic acid groups (broad SMARTS) is 1. The number of benzene rings is 1. The Morgan fingerprint density at radius 3 is 2.76 bits per heavy atom. The van der Waals surface area contributed by atoms with Gasteiger partial charge in [-0.25, -0.2) is 4.79 Å². The van der Waals surface area contributed by atoms with Gasteiger partial charge in [-0.1, -0.05) is 6.92 Å². The lowest BCUT2D eigenvalue weighted by Crippen LogP contribution is -2.17. The number of carbonyl (C=O) groups excluding carboxylic acids is 1. The van der Waals surface area contributed by atoms with E-state index < -0.39 is 5.97 Å². The molecule has 1 aromatic heterocycles. The maximum absolute atomic E-state index is 12.2. The minimum atomic E-state index is -1.05. The molecule has 1 amide bonds. The second-order valence-corrected chi connectivity index (χ2v) is 5.40. The van der Waals surface area contributed by atoms with Crippen LogP contribution in [0.3, 0.4) is 0 Å². The molecule has 0 unspecified atom stereocenters. The zero-order chi connectivity index (χ0) is 15.4. The first-order valence-corrected chi connectivity index (χ1v) is 7.31. The average Bonchev–Trinajstić information content (AvgIpc) is 2.89. The van der Waals surface area contributed by atoms with Crippen molar-refractivity contribution in [1.82, 2.24) is 4.57 Å². The molecule has 0 atom stereocenters. The summed E-state index contributed by atoms with van der Waals surface area (Å²) in [6.07, 6.45) is 2.78. The summed E-state index contributed by atoms with van der Waals surface area (Å²) in [5.41, 5.74) is 1.11. The molecule has 0 radical (unpaired) electrons.